The Labute approximate surface area is 179 Å². The number of halogens is 6. The molecule has 0 bridgehead atoms. The molecule has 1 nitrogen and oxygen atoms in total. The van der Waals surface area contributed by atoms with Crippen molar-refractivity contribution in [2.45, 2.75) is 56.4 Å². The second-order valence-electron chi connectivity index (χ2n) is 8.62. The van der Waals surface area contributed by atoms with E-state index in [4.69, 9.17) is 0 Å². The summed E-state index contributed by atoms with van der Waals surface area (Å²) in [4.78, 5) is 0. The van der Waals surface area contributed by atoms with Crippen LogP contribution in [0, 0.1) is 11.7 Å². The van der Waals surface area contributed by atoms with Crippen molar-refractivity contribution in [2.75, 3.05) is 6.54 Å². The SMILES string of the molecule is C[C@H]1CNC2CCc3cc(C(C)(F)C(F)(F)F)ccc3C21Cc1ccc(F)cc1.Cl. The predicted octanol–water partition coefficient (Wildman–Crippen LogP) is 6.03. The molecule has 0 aromatic heterocycles. The summed E-state index contributed by atoms with van der Waals surface area (Å²) in [5.41, 5.74) is -1.30. The van der Waals surface area contributed by atoms with Gasteiger partial charge >= 0.3 is 6.18 Å². The van der Waals surface area contributed by atoms with E-state index >= 15 is 0 Å². The van der Waals surface area contributed by atoms with Gasteiger partial charge in [0.2, 0.25) is 5.67 Å². The van der Waals surface area contributed by atoms with Crippen LogP contribution in [0.3, 0.4) is 0 Å². The maximum Gasteiger partial charge on any atom is 0.426 e. The largest absolute Gasteiger partial charge is 0.426 e. The summed E-state index contributed by atoms with van der Waals surface area (Å²) in [7, 11) is 0. The molecule has 164 valence electrons. The van der Waals surface area contributed by atoms with E-state index in [9.17, 15) is 22.0 Å². The monoisotopic (exact) mass is 445 g/mol. The van der Waals surface area contributed by atoms with Crippen LogP contribution >= 0.6 is 12.4 Å². The van der Waals surface area contributed by atoms with Crippen molar-refractivity contribution in [1.29, 1.82) is 0 Å². The van der Waals surface area contributed by atoms with Crippen LogP contribution in [0.25, 0.3) is 0 Å². The summed E-state index contributed by atoms with van der Waals surface area (Å²) < 4.78 is 67.5. The van der Waals surface area contributed by atoms with Gasteiger partial charge in [-0.05, 0) is 73.0 Å². The second kappa shape index (κ2) is 7.79. The first-order valence-corrected chi connectivity index (χ1v) is 9.93. The zero-order valence-corrected chi connectivity index (χ0v) is 17.6. The zero-order valence-electron chi connectivity index (χ0n) is 16.8. The summed E-state index contributed by atoms with van der Waals surface area (Å²) in [6, 6.07) is 10.9. The minimum atomic E-state index is -4.97. The highest BCUT2D eigenvalue weighted by molar-refractivity contribution is 5.85. The van der Waals surface area contributed by atoms with Crippen LogP contribution in [0.2, 0.25) is 0 Å². The molecule has 0 radical (unpaired) electrons. The molecule has 1 saturated heterocycles. The van der Waals surface area contributed by atoms with Gasteiger partial charge in [0, 0.05) is 11.5 Å². The molecule has 1 heterocycles. The Morgan fingerprint density at radius 1 is 1.07 bits per heavy atom. The van der Waals surface area contributed by atoms with Gasteiger partial charge in [-0.3, -0.25) is 0 Å². The highest BCUT2D eigenvalue weighted by Crippen LogP contribution is 2.50. The van der Waals surface area contributed by atoms with E-state index in [0.29, 0.717) is 19.8 Å². The maximum absolute atomic E-state index is 14.6. The summed E-state index contributed by atoms with van der Waals surface area (Å²) in [5, 5.41) is 3.56. The third kappa shape index (κ3) is 3.52. The molecule has 7 heteroatoms. The number of fused-ring (bicyclic) bond motifs is 3. The lowest BCUT2D eigenvalue weighted by molar-refractivity contribution is -0.228. The molecule has 1 aliphatic heterocycles. The first-order valence-electron chi connectivity index (χ1n) is 9.93. The Balaban J connectivity index is 0.00000256. The normalized spacial score (nSPS) is 27.6. The Bertz CT molecular complexity index is 909. The van der Waals surface area contributed by atoms with E-state index in [1.54, 1.807) is 18.2 Å². The highest BCUT2D eigenvalue weighted by atomic mass is 35.5. The van der Waals surface area contributed by atoms with Gasteiger partial charge in [-0.1, -0.05) is 37.3 Å². The average molecular weight is 446 g/mol. The topological polar surface area (TPSA) is 12.0 Å². The van der Waals surface area contributed by atoms with Crippen LogP contribution in [0.15, 0.2) is 42.5 Å². The van der Waals surface area contributed by atoms with E-state index < -0.39 is 11.8 Å². The molecule has 4 rings (SSSR count). The fourth-order valence-corrected chi connectivity index (χ4v) is 5.18. The molecule has 0 amide bonds. The molecular weight excluding hydrogens is 421 g/mol. The smallest absolute Gasteiger partial charge is 0.313 e. The lowest BCUT2D eigenvalue weighted by atomic mass is 9.60. The van der Waals surface area contributed by atoms with E-state index in [1.807, 2.05) is 0 Å². The minimum absolute atomic E-state index is 0. The average Bonchev–Trinajstić information content (AvgIpc) is 2.99. The molecule has 2 aromatic rings. The molecule has 3 unspecified atom stereocenters. The molecule has 30 heavy (non-hydrogen) atoms. The van der Waals surface area contributed by atoms with Gasteiger partial charge in [0.05, 0.1) is 0 Å². The molecule has 2 aromatic carbocycles. The molecule has 4 atom stereocenters. The van der Waals surface area contributed by atoms with Gasteiger partial charge in [0.25, 0.3) is 0 Å². The fourth-order valence-electron chi connectivity index (χ4n) is 5.18. The summed E-state index contributed by atoms with van der Waals surface area (Å²) in [6.45, 7) is 3.51. The lowest BCUT2D eigenvalue weighted by Crippen LogP contribution is -2.48. The predicted molar refractivity (Wildman–Crippen MR) is 109 cm³/mol. The second-order valence-corrected chi connectivity index (χ2v) is 8.62. The molecule has 1 N–H and O–H groups in total. The quantitative estimate of drug-likeness (QED) is 0.569. The molecule has 1 fully saturated rings. The van der Waals surface area contributed by atoms with Crippen LogP contribution in [-0.2, 0) is 23.9 Å². The molecule has 0 spiro atoms. The van der Waals surface area contributed by atoms with Crippen LogP contribution in [0.5, 0.6) is 0 Å². The third-order valence-electron chi connectivity index (χ3n) is 6.97. The van der Waals surface area contributed by atoms with Gasteiger partial charge in [-0.2, -0.15) is 13.2 Å². The van der Waals surface area contributed by atoms with E-state index in [1.165, 1.54) is 24.3 Å². The van der Waals surface area contributed by atoms with Crippen LogP contribution in [-0.4, -0.2) is 18.8 Å². The van der Waals surface area contributed by atoms with Crippen molar-refractivity contribution < 1.29 is 22.0 Å². The number of rotatable bonds is 3. The maximum atomic E-state index is 14.6. The molecule has 1 aliphatic carbocycles. The van der Waals surface area contributed by atoms with Crippen molar-refractivity contribution in [1.82, 2.24) is 5.32 Å². The van der Waals surface area contributed by atoms with Crippen LogP contribution in [0.4, 0.5) is 22.0 Å². The minimum Gasteiger partial charge on any atom is -0.313 e. The van der Waals surface area contributed by atoms with E-state index in [2.05, 4.69) is 12.2 Å². The fraction of sp³-hybridized carbons (Fsp3) is 0.478. The van der Waals surface area contributed by atoms with Crippen molar-refractivity contribution in [2.24, 2.45) is 5.92 Å². The first-order chi connectivity index (χ1) is 13.6. The Morgan fingerprint density at radius 3 is 2.37 bits per heavy atom. The molecular formula is C23H25ClF5N. The van der Waals surface area contributed by atoms with Crippen LogP contribution in [0.1, 0.15) is 42.5 Å². The van der Waals surface area contributed by atoms with Crippen molar-refractivity contribution >= 4 is 12.4 Å². The molecule has 0 saturated carbocycles. The van der Waals surface area contributed by atoms with Gasteiger partial charge in [-0.25, -0.2) is 8.78 Å². The Kier molecular flexibility index (Phi) is 5.98. The van der Waals surface area contributed by atoms with Crippen molar-refractivity contribution in [3.8, 4) is 0 Å². The molecule has 2 aliphatic rings. The lowest BCUT2D eigenvalue weighted by Gasteiger charge is -2.44. The number of alkyl halides is 4. The number of benzene rings is 2. The number of aryl methyl sites for hydroxylation is 1. The first kappa shape index (κ1) is 23.0. The number of hydrogen-bond acceptors (Lipinski definition) is 1. The summed E-state index contributed by atoms with van der Waals surface area (Å²) in [6.07, 6.45) is -2.93. The Morgan fingerprint density at radius 2 is 1.73 bits per heavy atom. The summed E-state index contributed by atoms with van der Waals surface area (Å²) >= 11 is 0. The van der Waals surface area contributed by atoms with Gasteiger partial charge in [0.15, 0.2) is 0 Å². The highest BCUT2D eigenvalue weighted by Gasteiger charge is 2.55. The number of nitrogens with one attached hydrogen (secondary N) is 1. The van der Waals surface area contributed by atoms with E-state index in [-0.39, 0.29) is 41.2 Å². The number of hydrogen-bond donors (Lipinski definition) is 1. The van der Waals surface area contributed by atoms with Crippen molar-refractivity contribution in [3.63, 3.8) is 0 Å². The van der Waals surface area contributed by atoms with Gasteiger partial charge in [-0.15, -0.1) is 12.4 Å². The summed E-state index contributed by atoms with van der Waals surface area (Å²) in [5.74, 6) is -0.0645. The third-order valence-corrected chi connectivity index (χ3v) is 6.97. The standard InChI is InChI=1S/C23H24F5N.ClH/c1-14-13-29-20-10-5-16-11-17(21(2,25)23(26,27)28)6-9-19(16)22(14,20)12-15-3-7-18(24)8-4-15;/h3-4,6-9,11,14,20,29H,5,10,12-13H2,1-2H3;1H/t14-,20?,21?,22?;/m0./s1. The Hall–Kier alpha value is -1.66. The zero-order chi connectivity index (χ0) is 21.0. The van der Waals surface area contributed by atoms with Gasteiger partial charge < -0.3 is 5.32 Å². The van der Waals surface area contributed by atoms with Crippen LogP contribution < -0.4 is 5.32 Å². The van der Waals surface area contributed by atoms with Crippen molar-refractivity contribution in [3.05, 3.63) is 70.5 Å². The van der Waals surface area contributed by atoms with E-state index in [0.717, 1.165) is 29.7 Å². The van der Waals surface area contributed by atoms with Gasteiger partial charge in [0.1, 0.15) is 5.82 Å².